The van der Waals surface area contributed by atoms with E-state index < -0.39 is 11.9 Å². The molecule has 1 aliphatic heterocycles. The molecule has 1 aliphatic rings. The van der Waals surface area contributed by atoms with Crippen LogP contribution < -0.4 is 20.1 Å². The molecule has 1 atom stereocenters. The zero-order valence-corrected chi connectivity index (χ0v) is 23.5. The van der Waals surface area contributed by atoms with Gasteiger partial charge in [-0.3, -0.25) is 19.4 Å². The molecule has 4 rings (SSSR count). The summed E-state index contributed by atoms with van der Waals surface area (Å²) in [5.74, 6) is 0.439. The van der Waals surface area contributed by atoms with Crippen LogP contribution in [0.25, 0.3) is 11.1 Å². The van der Waals surface area contributed by atoms with Crippen LogP contribution in [-0.4, -0.2) is 61.0 Å². The highest BCUT2D eigenvalue weighted by Crippen LogP contribution is 2.39. The first kappa shape index (κ1) is 28.1. The number of thiophene rings is 1. The lowest BCUT2D eigenvalue weighted by Crippen LogP contribution is -2.49. The molecule has 0 saturated heterocycles. The average Bonchev–Trinajstić information content (AvgIpc) is 3.43. The van der Waals surface area contributed by atoms with Gasteiger partial charge in [-0.1, -0.05) is 19.9 Å². The quantitative estimate of drug-likeness (QED) is 0.485. The van der Waals surface area contributed by atoms with Gasteiger partial charge in [0.15, 0.2) is 11.5 Å². The van der Waals surface area contributed by atoms with Crippen LogP contribution in [0.2, 0.25) is 0 Å². The van der Waals surface area contributed by atoms with Crippen molar-refractivity contribution in [3.8, 4) is 22.6 Å². The van der Waals surface area contributed by atoms with Gasteiger partial charge in [0.05, 0.1) is 26.2 Å². The molecule has 0 aliphatic carbocycles. The van der Waals surface area contributed by atoms with E-state index >= 15 is 0 Å². The molecule has 206 valence electrons. The summed E-state index contributed by atoms with van der Waals surface area (Å²) in [4.78, 5) is 46.7. The van der Waals surface area contributed by atoms with Crippen LogP contribution in [0.5, 0.6) is 11.5 Å². The Morgan fingerprint density at radius 2 is 1.95 bits per heavy atom. The third-order valence-electron chi connectivity index (χ3n) is 6.49. The summed E-state index contributed by atoms with van der Waals surface area (Å²) < 4.78 is 11.3. The topological polar surface area (TPSA) is 110 Å². The lowest BCUT2D eigenvalue weighted by atomic mass is 10.00. The van der Waals surface area contributed by atoms with E-state index in [-0.39, 0.29) is 30.7 Å². The number of ether oxygens (including phenoxy) is 2. The van der Waals surface area contributed by atoms with Crippen LogP contribution in [0.4, 0.5) is 0 Å². The Morgan fingerprint density at radius 1 is 1.15 bits per heavy atom. The van der Waals surface area contributed by atoms with Gasteiger partial charge in [-0.15, -0.1) is 11.3 Å². The highest BCUT2D eigenvalue weighted by molar-refractivity contribution is 7.10. The minimum atomic E-state index is -0.725. The highest BCUT2D eigenvalue weighted by atomic mass is 32.1. The van der Waals surface area contributed by atoms with E-state index in [4.69, 9.17) is 9.47 Å². The van der Waals surface area contributed by atoms with Gasteiger partial charge in [-0.2, -0.15) is 0 Å². The van der Waals surface area contributed by atoms with Crippen molar-refractivity contribution in [1.82, 2.24) is 20.5 Å². The zero-order chi connectivity index (χ0) is 27.9. The number of nitrogens with zero attached hydrogens (tertiary/aromatic N) is 2. The summed E-state index contributed by atoms with van der Waals surface area (Å²) in [5.41, 5.74) is 2.47. The summed E-state index contributed by atoms with van der Waals surface area (Å²) in [6.07, 6.45) is 3.86. The summed E-state index contributed by atoms with van der Waals surface area (Å²) in [6, 6.07) is 8.61. The van der Waals surface area contributed by atoms with Crippen molar-refractivity contribution in [1.29, 1.82) is 0 Å². The zero-order valence-electron chi connectivity index (χ0n) is 22.7. The maximum atomic E-state index is 13.4. The molecule has 0 fully saturated rings. The fraction of sp³-hybridized carbons (Fsp3) is 0.379. The van der Waals surface area contributed by atoms with Gasteiger partial charge in [-0.25, -0.2) is 0 Å². The second kappa shape index (κ2) is 12.8. The Hall–Kier alpha value is -3.92. The molecule has 4 bridgehead atoms. The number of methoxy groups -OCH3 is 2. The van der Waals surface area contributed by atoms with Crippen LogP contribution in [0.1, 0.15) is 41.1 Å². The van der Waals surface area contributed by atoms with E-state index in [1.807, 2.05) is 43.5 Å². The molecule has 3 aromatic rings. The van der Waals surface area contributed by atoms with Gasteiger partial charge in [0.25, 0.3) is 5.91 Å². The highest BCUT2D eigenvalue weighted by Gasteiger charge is 2.25. The van der Waals surface area contributed by atoms with E-state index in [1.54, 1.807) is 31.4 Å². The first-order valence-corrected chi connectivity index (χ1v) is 13.8. The number of benzene rings is 1. The minimum Gasteiger partial charge on any atom is -0.493 e. The molecule has 0 saturated carbocycles. The minimum absolute atomic E-state index is 0.0527. The Bertz CT molecular complexity index is 1330. The number of carbonyl (C=O) groups excluding carboxylic acids is 3. The van der Waals surface area contributed by atoms with Crippen molar-refractivity contribution < 1.29 is 23.9 Å². The molecule has 0 spiro atoms. The molecule has 3 amide bonds. The molecule has 9 nitrogen and oxygen atoms in total. The molecule has 39 heavy (non-hydrogen) atoms. The van der Waals surface area contributed by atoms with Crippen molar-refractivity contribution in [3.63, 3.8) is 0 Å². The predicted octanol–water partition coefficient (Wildman–Crippen LogP) is 3.67. The van der Waals surface area contributed by atoms with Crippen LogP contribution in [0.3, 0.4) is 0 Å². The fourth-order valence-corrected chi connectivity index (χ4v) is 5.30. The lowest BCUT2D eigenvalue weighted by Gasteiger charge is -2.25. The number of amides is 3. The number of carbonyl (C=O) groups is 3. The van der Waals surface area contributed by atoms with Gasteiger partial charge in [0.2, 0.25) is 11.8 Å². The molecular formula is C29H34N4O5S. The summed E-state index contributed by atoms with van der Waals surface area (Å²) in [6.45, 7) is 4.84. The summed E-state index contributed by atoms with van der Waals surface area (Å²) >= 11 is 1.53. The van der Waals surface area contributed by atoms with Crippen LogP contribution in [-0.2, 0) is 22.6 Å². The molecule has 2 N–H and O–H groups in total. The molecule has 1 aromatic carbocycles. The van der Waals surface area contributed by atoms with Crippen molar-refractivity contribution in [2.45, 2.75) is 39.3 Å². The number of hydrogen-bond donors (Lipinski definition) is 2. The molecule has 0 radical (unpaired) electrons. The Balaban J connectivity index is 1.79. The summed E-state index contributed by atoms with van der Waals surface area (Å²) in [7, 11) is 3.11. The molecular weight excluding hydrogens is 516 g/mol. The average molecular weight is 551 g/mol. The van der Waals surface area contributed by atoms with Gasteiger partial charge in [0.1, 0.15) is 6.04 Å². The first-order valence-electron chi connectivity index (χ1n) is 12.9. The molecule has 0 unspecified atom stereocenters. The Kier molecular flexibility index (Phi) is 9.19. The number of pyridine rings is 1. The number of rotatable bonds is 6. The maximum Gasteiger partial charge on any atom is 0.253 e. The van der Waals surface area contributed by atoms with Crippen LogP contribution in [0, 0.1) is 5.92 Å². The molecule has 3 heterocycles. The van der Waals surface area contributed by atoms with Crippen molar-refractivity contribution >= 4 is 29.1 Å². The smallest absolute Gasteiger partial charge is 0.253 e. The number of aromatic nitrogens is 1. The molecule has 2 aromatic heterocycles. The van der Waals surface area contributed by atoms with E-state index in [0.717, 1.165) is 10.4 Å². The van der Waals surface area contributed by atoms with Gasteiger partial charge >= 0.3 is 0 Å². The largest absolute Gasteiger partial charge is 0.493 e. The Morgan fingerprint density at radius 3 is 2.64 bits per heavy atom. The fourth-order valence-electron chi connectivity index (χ4n) is 4.61. The van der Waals surface area contributed by atoms with Gasteiger partial charge in [0, 0.05) is 48.0 Å². The SMILES string of the molecule is COc1cc2cc(c1OC)-c1cncc(c1)C(=O)N[C@H](CC(C)C)C(=O)NCCN(C(=O)Cc1cccs1)C2. The van der Waals surface area contributed by atoms with Gasteiger partial charge in [-0.05, 0) is 47.5 Å². The standard InChI is InChI=1S/C29H34N4O5S/c1-18(2)10-24-29(36)31-7-8-33(26(34)14-22-6-5-9-39-22)17-19-11-23(27(38-4)25(12-19)37-3)20-13-21(16-30-15-20)28(35)32-24/h5-6,9,11-13,15-16,18,24H,7-8,10,14,17H2,1-4H3,(H,31,36)(H,32,35)/t24-/m1/s1. The van der Waals surface area contributed by atoms with E-state index in [0.29, 0.717) is 47.7 Å². The Labute approximate surface area is 232 Å². The monoisotopic (exact) mass is 550 g/mol. The summed E-state index contributed by atoms with van der Waals surface area (Å²) in [5, 5.41) is 7.74. The van der Waals surface area contributed by atoms with Crippen molar-refractivity contribution in [2.75, 3.05) is 27.3 Å². The third-order valence-corrected chi connectivity index (χ3v) is 7.37. The predicted molar refractivity (Wildman–Crippen MR) is 150 cm³/mol. The number of fused-ring (bicyclic) bond motifs is 5. The van der Waals surface area contributed by atoms with E-state index in [2.05, 4.69) is 15.6 Å². The van der Waals surface area contributed by atoms with Crippen molar-refractivity contribution in [2.24, 2.45) is 5.92 Å². The van der Waals surface area contributed by atoms with Crippen LogP contribution in [0.15, 0.2) is 48.1 Å². The van der Waals surface area contributed by atoms with Gasteiger partial charge < -0.3 is 25.0 Å². The normalized spacial score (nSPS) is 16.1. The number of hydrogen-bond acceptors (Lipinski definition) is 7. The lowest BCUT2D eigenvalue weighted by molar-refractivity contribution is -0.131. The molecule has 10 heteroatoms. The van der Waals surface area contributed by atoms with Crippen LogP contribution >= 0.6 is 11.3 Å². The number of nitrogens with one attached hydrogen (secondary N) is 2. The van der Waals surface area contributed by atoms with E-state index in [1.165, 1.54) is 17.5 Å². The van der Waals surface area contributed by atoms with E-state index in [9.17, 15) is 14.4 Å². The van der Waals surface area contributed by atoms with Crippen molar-refractivity contribution in [3.05, 3.63) is 64.1 Å². The second-order valence-corrected chi connectivity index (χ2v) is 10.9. The first-order chi connectivity index (χ1) is 18.8. The maximum absolute atomic E-state index is 13.4. The second-order valence-electron chi connectivity index (χ2n) is 9.86. The third kappa shape index (κ3) is 6.94.